The Kier molecular flexibility index (Phi) is 2.12. The van der Waals surface area contributed by atoms with Crippen LogP contribution < -0.4 is 0 Å². The summed E-state index contributed by atoms with van der Waals surface area (Å²) in [4.78, 5) is 0. The predicted molar refractivity (Wildman–Crippen MR) is 53.6 cm³/mol. The van der Waals surface area contributed by atoms with Crippen LogP contribution in [0.2, 0.25) is 0 Å². The van der Waals surface area contributed by atoms with Gasteiger partial charge in [-0.25, -0.2) is 0 Å². The summed E-state index contributed by atoms with van der Waals surface area (Å²) >= 11 is 1.82. The van der Waals surface area contributed by atoms with Gasteiger partial charge in [-0.1, -0.05) is 6.92 Å². The van der Waals surface area contributed by atoms with Gasteiger partial charge in [-0.2, -0.15) is 16.9 Å². The molecule has 0 aromatic carbocycles. The van der Waals surface area contributed by atoms with Crippen molar-refractivity contribution < 1.29 is 5.11 Å². The maximum Gasteiger partial charge on any atom is 0.118 e. The van der Waals surface area contributed by atoms with Crippen LogP contribution in [0.4, 0.5) is 0 Å². The molecule has 3 nitrogen and oxygen atoms in total. The monoisotopic (exact) mass is 198 g/mol. The number of aromatic nitrogens is 2. The Bertz CT molecular complexity index is 312. The molecule has 13 heavy (non-hydrogen) atoms. The zero-order chi connectivity index (χ0) is 9.47. The average molecular weight is 198 g/mol. The van der Waals surface area contributed by atoms with Gasteiger partial charge in [0.25, 0.3) is 0 Å². The van der Waals surface area contributed by atoms with Gasteiger partial charge in [0, 0.05) is 18.5 Å². The molecule has 0 amide bonds. The number of hydrogen-bond acceptors (Lipinski definition) is 3. The number of aliphatic hydroxyl groups is 1. The predicted octanol–water partition coefficient (Wildman–Crippen LogP) is 1.13. The highest BCUT2D eigenvalue weighted by Crippen LogP contribution is 2.42. The van der Waals surface area contributed by atoms with Gasteiger partial charge in [-0.3, -0.25) is 4.68 Å². The van der Waals surface area contributed by atoms with Gasteiger partial charge in [-0.05, 0) is 18.2 Å². The van der Waals surface area contributed by atoms with Gasteiger partial charge in [0.15, 0.2) is 0 Å². The highest BCUT2D eigenvalue weighted by molar-refractivity contribution is 8.00. The lowest BCUT2D eigenvalue weighted by Crippen LogP contribution is -2.33. The first-order valence-corrected chi connectivity index (χ1v) is 5.52. The maximum absolute atomic E-state index is 10.4. The fourth-order valence-electron chi connectivity index (χ4n) is 1.87. The van der Waals surface area contributed by atoms with Crippen LogP contribution in [0.25, 0.3) is 0 Å². The fourth-order valence-corrected chi connectivity index (χ4v) is 3.16. The second-order valence-electron chi connectivity index (χ2n) is 3.53. The van der Waals surface area contributed by atoms with Crippen molar-refractivity contribution in [1.29, 1.82) is 0 Å². The van der Waals surface area contributed by atoms with Gasteiger partial charge >= 0.3 is 0 Å². The van der Waals surface area contributed by atoms with Crippen LogP contribution in [0.1, 0.15) is 19.0 Å². The quantitative estimate of drug-likeness (QED) is 0.735. The molecule has 2 rings (SSSR count). The van der Waals surface area contributed by atoms with E-state index in [0.29, 0.717) is 0 Å². The lowest BCUT2D eigenvalue weighted by molar-refractivity contribution is 0.0343. The van der Waals surface area contributed by atoms with E-state index in [1.54, 1.807) is 10.9 Å². The molecule has 0 saturated carbocycles. The molecule has 1 aliphatic heterocycles. The van der Waals surface area contributed by atoms with E-state index < -0.39 is 5.60 Å². The van der Waals surface area contributed by atoms with Crippen molar-refractivity contribution in [3.63, 3.8) is 0 Å². The third-order valence-electron chi connectivity index (χ3n) is 2.79. The lowest BCUT2D eigenvalue weighted by atomic mass is 9.93. The van der Waals surface area contributed by atoms with Crippen LogP contribution >= 0.6 is 11.8 Å². The Hall–Kier alpha value is -0.480. The van der Waals surface area contributed by atoms with E-state index in [0.717, 1.165) is 17.9 Å². The Morgan fingerprint density at radius 2 is 2.54 bits per heavy atom. The van der Waals surface area contributed by atoms with Crippen LogP contribution in [0.3, 0.4) is 0 Å². The molecule has 1 fully saturated rings. The molecular formula is C9H14N2OS. The molecule has 0 aliphatic carbocycles. The summed E-state index contributed by atoms with van der Waals surface area (Å²) < 4.78 is 1.77. The maximum atomic E-state index is 10.4. The van der Waals surface area contributed by atoms with E-state index in [-0.39, 0.29) is 5.25 Å². The SMILES string of the molecule is CC1SCCC1(O)c1ccnn1C. The van der Waals surface area contributed by atoms with Crippen LogP contribution in [0.5, 0.6) is 0 Å². The van der Waals surface area contributed by atoms with Gasteiger partial charge < -0.3 is 5.11 Å². The molecule has 1 aromatic heterocycles. The van der Waals surface area contributed by atoms with Crippen molar-refractivity contribution in [2.45, 2.75) is 24.2 Å². The molecule has 0 radical (unpaired) electrons. The Balaban J connectivity index is 2.39. The van der Waals surface area contributed by atoms with Crippen molar-refractivity contribution in [2.24, 2.45) is 7.05 Å². The third kappa shape index (κ3) is 1.28. The summed E-state index contributed by atoms with van der Waals surface area (Å²) in [5, 5.41) is 14.8. The summed E-state index contributed by atoms with van der Waals surface area (Å²) in [6.07, 6.45) is 2.57. The van der Waals surface area contributed by atoms with E-state index in [1.807, 2.05) is 24.9 Å². The molecule has 2 atom stereocenters. The summed E-state index contributed by atoms with van der Waals surface area (Å²) in [5.41, 5.74) is 0.264. The van der Waals surface area contributed by atoms with Gasteiger partial charge in [0.05, 0.1) is 5.69 Å². The molecule has 1 saturated heterocycles. The Labute approximate surface area is 82.1 Å². The first-order chi connectivity index (χ1) is 6.14. The van der Waals surface area contributed by atoms with E-state index in [9.17, 15) is 5.11 Å². The molecule has 2 heterocycles. The average Bonchev–Trinajstić information content (AvgIpc) is 2.62. The number of nitrogens with zero attached hydrogens (tertiary/aromatic N) is 2. The van der Waals surface area contributed by atoms with Crippen molar-refractivity contribution in [2.75, 3.05) is 5.75 Å². The molecule has 4 heteroatoms. The summed E-state index contributed by atoms with van der Waals surface area (Å²) in [5.74, 6) is 1.03. The standard InChI is InChI=1S/C9H14N2OS/c1-7-9(12,4-6-13-7)8-3-5-10-11(8)2/h3,5,7,12H,4,6H2,1-2H3. The minimum Gasteiger partial charge on any atom is -0.382 e. The zero-order valence-electron chi connectivity index (χ0n) is 7.90. The summed E-state index contributed by atoms with van der Waals surface area (Å²) in [7, 11) is 1.88. The van der Waals surface area contributed by atoms with Crippen LogP contribution in [0, 0.1) is 0 Å². The number of hydrogen-bond donors (Lipinski definition) is 1. The minimum absolute atomic E-state index is 0.267. The molecule has 1 aromatic rings. The van der Waals surface area contributed by atoms with Crippen LogP contribution in [-0.2, 0) is 12.6 Å². The lowest BCUT2D eigenvalue weighted by Gasteiger charge is -2.26. The number of rotatable bonds is 1. The highest BCUT2D eigenvalue weighted by atomic mass is 32.2. The molecule has 72 valence electrons. The normalized spacial score (nSPS) is 33.9. The van der Waals surface area contributed by atoms with Crippen LogP contribution in [0.15, 0.2) is 12.3 Å². The Morgan fingerprint density at radius 3 is 3.00 bits per heavy atom. The number of thioether (sulfide) groups is 1. The van der Waals surface area contributed by atoms with Crippen molar-refractivity contribution in [3.05, 3.63) is 18.0 Å². The first kappa shape index (κ1) is 9.09. The first-order valence-electron chi connectivity index (χ1n) is 4.47. The molecule has 1 aliphatic rings. The topological polar surface area (TPSA) is 38.1 Å². The minimum atomic E-state index is -0.671. The highest BCUT2D eigenvalue weighted by Gasteiger charge is 2.42. The van der Waals surface area contributed by atoms with Crippen LogP contribution in [-0.4, -0.2) is 25.9 Å². The van der Waals surface area contributed by atoms with Gasteiger partial charge in [-0.15, -0.1) is 0 Å². The summed E-state index contributed by atoms with van der Waals surface area (Å²) in [6, 6.07) is 1.91. The summed E-state index contributed by atoms with van der Waals surface area (Å²) in [6.45, 7) is 2.07. The fraction of sp³-hybridized carbons (Fsp3) is 0.667. The Morgan fingerprint density at radius 1 is 1.77 bits per heavy atom. The molecule has 2 unspecified atom stereocenters. The van der Waals surface area contributed by atoms with E-state index >= 15 is 0 Å². The second-order valence-corrected chi connectivity index (χ2v) is 4.98. The van der Waals surface area contributed by atoms with E-state index in [1.165, 1.54) is 0 Å². The second kappa shape index (κ2) is 3.03. The van der Waals surface area contributed by atoms with Gasteiger partial charge in [0.1, 0.15) is 5.60 Å². The molecule has 1 N–H and O–H groups in total. The molecular weight excluding hydrogens is 184 g/mol. The molecule has 0 bridgehead atoms. The van der Waals surface area contributed by atoms with Crippen molar-refractivity contribution >= 4 is 11.8 Å². The smallest absolute Gasteiger partial charge is 0.118 e. The van der Waals surface area contributed by atoms with Crippen molar-refractivity contribution in [1.82, 2.24) is 9.78 Å². The largest absolute Gasteiger partial charge is 0.382 e. The van der Waals surface area contributed by atoms with Gasteiger partial charge in [0.2, 0.25) is 0 Å². The van der Waals surface area contributed by atoms with E-state index in [2.05, 4.69) is 12.0 Å². The number of aryl methyl sites for hydroxylation is 1. The zero-order valence-corrected chi connectivity index (χ0v) is 8.71. The molecule has 0 spiro atoms. The van der Waals surface area contributed by atoms with E-state index in [4.69, 9.17) is 0 Å². The van der Waals surface area contributed by atoms with Crippen molar-refractivity contribution in [3.8, 4) is 0 Å². The third-order valence-corrected chi connectivity index (χ3v) is 4.12.